The third kappa shape index (κ3) is 4.87. The monoisotopic (exact) mass is 501 g/mol. The Labute approximate surface area is 159 Å². The number of pyridine rings is 1. The number of nitriles is 1. The van der Waals surface area contributed by atoms with E-state index in [1.807, 2.05) is 12.1 Å². The molecule has 122 valence electrons. The number of hydrazone groups is 1. The fourth-order valence-corrected chi connectivity index (χ4v) is 3.40. The molecule has 0 saturated carbocycles. The van der Waals surface area contributed by atoms with Crippen LogP contribution >= 0.6 is 38.5 Å². The number of hydrogen-bond donors (Lipinski definition) is 1. The van der Waals surface area contributed by atoms with E-state index < -0.39 is 4.92 Å². The van der Waals surface area contributed by atoms with E-state index >= 15 is 0 Å². The van der Waals surface area contributed by atoms with Crippen LogP contribution in [-0.4, -0.2) is 22.7 Å². The molecule has 0 bridgehead atoms. The molecule has 1 heterocycles. The topological polar surface area (TPSA) is 113 Å². The predicted octanol–water partition coefficient (Wildman–Crippen LogP) is 3.71. The lowest BCUT2D eigenvalue weighted by Crippen LogP contribution is -1.99. The largest absolute Gasteiger partial charge is 0.476 e. The fourth-order valence-electron chi connectivity index (χ4n) is 1.63. The van der Waals surface area contributed by atoms with E-state index in [0.717, 1.165) is 15.3 Å². The van der Waals surface area contributed by atoms with Crippen molar-refractivity contribution in [3.05, 3.63) is 54.2 Å². The maximum absolute atomic E-state index is 10.6. The first-order valence-corrected chi connectivity index (χ1v) is 8.26. The van der Waals surface area contributed by atoms with Crippen molar-refractivity contribution in [2.24, 2.45) is 5.10 Å². The molecule has 24 heavy (non-hydrogen) atoms. The van der Waals surface area contributed by atoms with E-state index in [1.54, 1.807) is 12.3 Å². The van der Waals surface area contributed by atoms with Crippen molar-refractivity contribution in [1.82, 2.24) is 4.98 Å². The van der Waals surface area contributed by atoms with Gasteiger partial charge in [-0.3, -0.25) is 15.5 Å². The Morgan fingerprint density at radius 3 is 2.92 bits per heavy atom. The lowest BCUT2D eigenvalue weighted by Gasteiger charge is -2.08. The minimum Gasteiger partial charge on any atom is -0.476 e. The van der Waals surface area contributed by atoms with Crippen molar-refractivity contribution in [2.45, 2.75) is 0 Å². The SMILES string of the molecule is N#CCOc1c(Br)cc(/C=N/Nc2ccc([N+](=O)[O-])cn2)cc1I. The molecule has 0 atom stereocenters. The maximum atomic E-state index is 10.6. The number of halogens is 2. The van der Waals surface area contributed by atoms with Gasteiger partial charge in [-0.15, -0.1) is 0 Å². The van der Waals surface area contributed by atoms with Gasteiger partial charge in [-0.2, -0.15) is 10.4 Å². The smallest absolute Gasteiger partial charge is 0.287 e. The standard InChI is InChI=1S/C14H9BrIN5O3/c15-11-5-9(6-12(16)14(11)24-4-3-17)7-19-20-13-2-1-10(8-18-13)21(22)23/h1-2,5-8H,4H2,(H,18,20)/b19-7+. The van der Waals surface area contributed by atoms with Crippen molar-refractivity contribution < 1.29 is 9.66 Å². The van der Waals surface area contributed by atoms with Gasteiger partial charge in [-0.25, -0.2) is 4.98 Å². The number of anilines is 1. The number of ether oxygens (including phenoxy) is 1. The van der Waals surface area contributed by atoms with Crippen LogP contribution < -0.4 is 10.2 Å². The molecule has 0 aliphatic rings. The highest BCUT2D eigenvalue weighted by Gasteiger charge is 2.08. The molecule has 1 N–H and O–H groups in total. The molecule has 0 aliphatic heterocycles. The number of hydrogen-bond acceptors (Lipinski definition) is 7. The zero-order valence-electron chi connectivity index (χ0n) is 11.9. The Bertz CT molecular complexity index is 797. The average molecular weight is 502 g/mol. The molecule has 0 radical (unpaired) electrons. The molecule has 0 unspecified atom stereocenters. The third-order valence-electron chi connectivity index (χ3n) is 2.65. The molecule has 2 rings (SSSR count). The fraction of sp³-hybridized carbons (Fsp3) is 0.0714. The van der Waals surface area contributed by atoms with Crippen molar-refractivity contribution in [2.75, 3.05) is 12.0 Å². The molecule has 0 aliphatic carbocycles. The number of nitrogens with one attached hydrogen (secondary N) is 1. The van der Waals surface area contributed by atoms with E-state index in [4.69, 9.17) is 10.00 Å². The summed E-state index contributed by atoms with van der Waals surface area (Å²) >= 11 is 5.49. The van der Waals surface area contributed by atoms with Crippen LogP contribution in [-0.2, 0) is 0 Å². The van der Waals surface area contributed by atoms with Crippen LogP contribution in [0.5, 0.6) is 5.75 Å². The van der Waals surface area contributed by atoms with Gasteiger partial charge in [0, 0.05) is 6.07 Å². The number of rotatable bonds is 6. The zero-order chi connectivity index (χ0) is 17.5. The van der Waals surface area contributed by atoms with Crippen LogP contribution in [0.15, 0.2) is 40.0 Å². The number of nitro groups is 1. The summed E-state index contributed by atoms with van der Waals surface area (Å²) in [6.07, 6.45) is 2.72. The van der Waals surface area contributed by atoms with Gasteiger partial charge in [-0.1, -0.05) is 0 Å². The molecule has 0 spiro atoms. The van der Waals surface area contributed by atoms with Gasteiger partial charge < -0.3 is 4.74 Å². The van der Waals surface area contributed by atoms with E-state index in [-0.39, 0.29) is 12.3 Å². The quantitative estimate of drug-likeness (QED) is 0.279. The highest BCUT2D eigenvalue weighted by Crippen LogP contribution is 2.31. The summed E-state index contributed by atoms with van der Waals surface area (Å²) in [5.41, 5.74) is 3.40. The average Bonchev–Trinajstić information content (AvgIpc) is 2.54. The van der Waals surface area contributed by atoms with Gasteiger partial charge in [0.1, 0.15) is 23.8 Å². The summed E-state index contributed by atoms with van der Waals surface area (Å²) in [5.74, 6) is 0.985. The molecule has 8 nitrogen and oxygen atoms in total. The van der Waals surface area contributed by atoms with Crippen LogP contribution in [0.1, 0.15) is 5.56 Å². The van der Waals surface area contributed by atoms with E-state index in [9.17, 15) is 10.1 Å². The van der Waals surface area contributed by atoms with E-state index in [2.05, 4.69) is 54.0 Å². The first-order chi connectivity index (χ1) is 11.5. The number of nitrogens with zero attached hydrogens (tertiary/aromatic N) is 4. The summed E-state index contributed by atoms with van der Waals surface area (Å²) in [7, 11) is 0. The Kier molecular flexibility index (Phi) is 6.44. The highest BCUT2D eigenvalue weighted by molar-refractivity contribution is 14.1. The maximum Gasteiger partial charge on any atom is 0.287 e. The summed E-state index contributed by atoms with van der Waals surface area (Å²) in [4.78, 5) is 13.9. The summed E-state index contributed by atoms with van der Waals surface area (Å²) in [6.45, 7) is -0.0323. The molecular weight excluding hydrogens is 493 g/mol. The van der Waals surface area contributed by atoms with Gasteiger partial charge in [0.25, 0.3) is 5.69 Å². The Balaban J connectivity index is 2.06. The molecule has 1 aromatic heterocycles. The van der Waals surface area contributed by atoms with Crippen LogP contribution in [0, 0.1) is 25.0 Å². The number of benzene rings is 1. The van der Waals surface area contributed by atoms with Gasteiger partial charge in [-0.05, 0) is 62.3 Å². The minimum absolute atomic E-state index is 0.0323. The van der Waals surface area contributed by atoms with Gasteiger partial charge in [0.05, 0.1) is 19.2 Å². The second-order valence-corrected chi connectivity index (χ2v) is 6.31. The second-order valence-electron chi connectivity index (χ2n) is 4.29. The highest BCUT2D eigenvalue weighted by atomic mass is 127. The normalized spacial score (nSPS) is 10.4. The van der Waals surface area contributed by atoms with Crippen LogP contribution in [0.25, 0.3) is 0 Å². The Morgan fingerprint density at radius 1 is 1.54 bits per heavy atom. The summed E-state index contributed by atoms with van der Waals surface area (Å²) in [6, 6.07) is 8.36. The van der Waals surface area contributed by atoms with Crippen molar-refractivity contribution in [3.63, 3.8) is 0 Å². The molecule has 10 heteroatoms. The van der Waals surface area contributed by atoms with Crippen molar-refractivity contribution >= 4 is 56.2 Å². The molecular formula is C14H9BrIN5O3. The van der Waals surface area contributed by atoms with Crippen LogP contribution in [0.2, 0.25) is 0 Å². The van der Waals surface area contributed by atoms with E-state index in [1.165, 1.54) is 12.1 Å². The Hall–Kier alpha value is -2.26. The lowest BCUT2D eigenvalue weighted by atomic mass is 10.2. The predicted molar refractivity (Wildman–Crippen MR) is 100 cm³/mol. The minimum atomic E-state index is -0.518. The molecule has 0 fully saturated rings. The number of aromatic nitrogens is 1. The van der Waals surface area contributed by atoms with Crippen LogP contribution in [0.4, 0.5) is 11.5 Å². The van der Waals surface area contributed by atoms with Crippen LogP contribution in [0.3, 0.4) is 0 Å². The second kappa shape index (κ2) is 8.55. The summed E-state index contributed by atoms with van der Waals surface area (Å²) in [5, 5.41) is 23.2. The molecule has 0 saturated heterocycles. The molecule has 1 aromatic carbocycles. The van der Waals surface area contributed by atoms with Gasteiger partial charge in [0.2, 0.25) is 0 Å². The van der Waals surface area contributed by atoms with Crippen molar-refractivity contribution in [1.29, 1.82) is 5.26 Å². The lowest BCUT2D eigenvalue weighted by molar-refractivity contribution is -0.385. The molecule has 0 amide bonds. The van der Waals surface area contributed by atoms with E-state index in [0.29, 0.717) is 16.0 Å². The van der Waals surface area contributed by atoms with Crippen molar-refractivity contribution in [3.8, 4) is 11.8 Å². The third-order valence-corrected chi connectivity index (χ3v) is 4.04. The first-order valence-electron chi connectivity index (χ1n) is 6.39. The molecule has 2 aromatic rings. The zero-order valence-corrected chi connectivity index (χ0v) is 15.7. The summed E-state index contributed by atoms with van der Waals surface area (Å²) < 4.78 is 6.87. The first kappa shape index (κ1) is 18.1. The van der Waals surface area contributed by atoms with Gasteiger partial charge in [0.15, 0.2) is 6.61 Å². The Morgan fingerprint density at radius 2 is 2.33 bits per heavy atom. The van der Waals surface area contributed by atoms with Gasteiger partial charge >= 0.3 is 0 Å².